The van der Waals surface area contributed by atoms with Crippen LogP contribution in [0.2, 0.25) is 0 Å². The molecule has 0 radical (unpaired) electrons. The van der Waals surface area contributed by atoms with Crippen LogP contribution in [0.3, 0.4) is 0 Å². The predicted molar refractivity (Wildman–Crippen MR) is 87.1 cm³/mol. The van der Waals surface area contributed by atoms with E-state index < -0.39 is 5.97 Å². The molecule has 0 fully saturated rings. The van der Waals surface area contributed by atoms with Crippen molar-refractivity contribution >= 4 is 5.97 Å². The SMILES string of the molecule is CCN(CC)CC.NCCCCCCCCCC(=O)O. The second-order valence-electron chi connectivity index (χ2n) is 5.03. The predicted octanol–water partition coefficient (Wildman–Crippen LogP) is 3.50. The molecule has 0 aromatic carbocycles. The maximum absolute atomic E-state index is 10.2. The summed E-state index contributed by atoms with van der Waals surface area (Å²) >= 11 is 0. The van der Waals surface area contributed by atoms with Crippen molar-refractivity contribution in [3.63, 3.8) is 0 Å². The molecule has 0 aromatic rings. The fourth-order valence-corrected chi connectivity index (χ4v) is 1.98. The van der Waals surface area contributed by atoms with Crippen LogP contribution in [-0.2, 0) is 4.79 Å². The number of rotatable bonds is 12. The zero-order valence-electron chi connectivity index (χ0n) is 13.9. The van der Waals surface area contributed by atoms with Crippen LogP contribution in [0.1, 0.15) is 72.1 Å². The summed E-state index contributed by atoms with van der Waals surface area (Å²) in [4.78, 5) is 12.5. The van der Waals surface area contributed by atoms with Gasteiger partial charge in [-0.25, -0.2) is 0 Å². The van der Waals surface area contributed by atoms with Crippen molar-refractivity contribution in [1.82, 2.24) is 4.90 Å². The molecule has 0 aromatic heterocycles. The normalized spacial score (nSPS) is 10.2. The van der Waals surface area contributed by atoms with Crippen molar-refractivity contribution in [2.45, 2.75) is 72.1 Å². The van der Waals surface area contributed by atoms with Crippen molar-refractivity contribution < 1.29 is 9.90 Å². The highest BCUT2D eigenvalue weighted by atomic mass is 16.4. The molecule has 0 saturated heterocycles. The average molecular weight is 288 g/mol. The van der Waals surface area contributed by atoms with E-state index >= 15 is 0 Å². The van der Waals surface area contributed by atoms with Crippen LogP contribution in [0.25, 0.3) is 0 Å². The molecule has 0 aliphatic rings. The lowest BCUT2D eigenvalue weighted by molar-refractivity contribution is -0.137. The molecule has 4 heteroatoms. The van der Waals surface area contributed by atoms with E-state index in [1.807, 2.05) is 0 Å². The van der Waals surface area contributed by atoms with E-state index in [2.05, 4.69) is 25.7 Å². The third kappa shape index (κ3) is 19.7. The van der Waals surface area contributed by atoms with Crippen molar-refractivity contribution in [2.75, 3.05) is 26.2 Å². The molecule has 3 N–H and O–H groups in total. The zero-order chi connectivity index (χ0) is 15.6. The highest BCUT2D eigenvalue weighted by Crippen LogP contribution is 2.07. The Morgan fingerprint density at radius 1 is 0.850 bits per heavy atom. The van der Waals surface area contributed by atoms with Crippen LogP contribution < -0.4 is 5.73 Å². The van der Waals surface area contributed by atoms with Gasteiger partial charge in [0, 0.05) is 6.42 Å². The van der Waals surface area contributed by atoms with Crippen molar-refractivity contribution in [2.24, 2.45) is 5.73 Å². The summed E-state index contributed by atoms with van der Waals surface area (Å²) in [6.45, 7) is 10.9. The molecule has 0 atom stereocenters. The Morgan fingerprint density at radius 3 is 1.55 bits per heavy atom. The Bertz CT molecular complexity index is 189. The summed E-state index contributed by atoms with van der Waals surface area (Å²) in [5, 5.41) is 8.37. The minimum Gasteiger partial charge on any atom is -0.481 e. The first-order valence-electron chi connectivity index (χ1n) is 8.26. The van der Waals surface area contributed by atoms with E-state index in [1.54, 1.807) is 0 Å². The average Bonchev–Trinajstić information content (AvgIpc) is 2.44. The number of carbonyl (C=O) groups is 1. The maximum Gasteiger partial charge on any atom is 0.303 e. The van der Waals surface area contributed by atoms with Crippen molar-refractivity contribution in [1.29, 1.82) is 0 Å². The number of aliphatic carboxylic acids is 1. The molecule has 0 bridgehead atoms. The summed E-state index contributed by atoms with van der Waals surface area (Å²) in [6.07, 6.45) is 8.16. The number of nitrogens with zero attached hydrogens (tertiary/aromatic N) is 1. The van der Waals surface area contributed by atoms with Gasteiger partial charge in [0.1, 0.15) is 0 Å². The lowest BCUT2D eigenvalue weighted by Gasteiger charge is -2.13. The van der Waals surface area contributed by atoms with Gasteiger partial charge in [0.2, 0.25) is 0 Å². The molecule has 122 valence electrons. The van der Waals surface area contributed by atoms with Crippen LogP contribution in [0, 0.1) is 0 Å². The second kappa shape index (κ2) is 18.4. The van der Waals surface area contributed by atoms with E-state index in [0.29, 0.717) is 6.42 Å². The Labute approximate surface area is 125 Å². The highest BCUT2D eigenvalue weighted by Gasteiger charge is 1.96. The van der Waals surface area contributed by atoms with E-state index in [-0.39, 0.29) is 0 Å². The lowest BCUT2D eigenvalue weighted by atomic mass is 10.1. The first kappa shape index (κ1) is 21.7. The number of carboxylic acids is 1. The molecule has 20 heavy (non-hydrogen) atoms. The molecule has 0 unspecified atom stereocenters. The number of hydrogen-bond donors (Lipinski definition) is 2. The van der Waals surface area contributed by atoms with E-state index in [1.165, 1.54) is 38.9 Å². The molecule has 0 saturated carbocycles. The van der Waals surface area contributed by atoms with Crippen LogP contribution >= 0.6 is 0 Å². The first-order chi connectivity index (χ1) is 9.62. The molecule has 0 amide bonds. The summed E-state index contributed by atoms with van der Waals surface area (Å²) in [5.41, 5.74) is 5.36. The van der Waals surface area contributed by atoms with Gasteiger partial charge in [-0.15, -0.1) is 0 Å². The molecule has 0 aliphatic carbocycles. The van der Waals surface area contributed by atoms with Crippen molar-refractivity contribution in [3.05, 3.63) is 0 Å². The Balaban J connectivity index is 0. The summed E-state index contributed by atoms with van der Waals surface area (Å²) in [7, 11) is 0. The van der Waals surface area contributed by atoms with Gasteiger partial charge in [-0.2, -0.15) is 0 Å². The highest BCUT2D eigenvalue weighted by molar-refractivity contribution is 5.66. The third-order valence-corrected chi connectivity index (χ3v) is 3.44. The number of nitrogens with two attached hydrogens (primary N) is 1. The Kier molecular flexibility index (Phi) is 19.9. The van der Waals surface area contributed by atoms with Gasteiger partial charge in [0.25, 0.3) is 0 Å². The van der Waals surface area contributed by atoms with Crippen molar-refractivity contribution in [3.8, 4) is 0 Å². The van der Waals surface area contributed by atoms with Gasteiger partial charge in [-0.3, -0.25) is 4.79 Å². The van der Waals surface area contributed by atoms with Gasteiger partial charge in [-0.05, 0) is 39.0 Å². The largest absolute Gasteiger partial charge is 0.481 e. The quantitative estimate of drug-likeness (QED) is 0.539. The molecule has 0 heterocycles. The number of unbranched alkanes of at least 4 members (excludes halogenated alkanes) is 6. The number of hydrogen-bond acceptors (Lipinski definition) is 3. The Morgan fingerprint density at radius 2 is 1.25 bits per heavy atom. The summed E-state index contributed by atoms with van der Waals surface area (Å²) < 4.78 is 0. The molecular formula is C16H36N2O2. The summed E-state index contributed by atoms with van der Waals surface area (Å²) in [6, 6.07) is 0. The minimum atomic E-state index is -0.678. The minimum absolute atomic E-state index is 0.322. The van der Waals surface area contributed by atoms with Crippen LogP contribution in [-0.4, -0.2) is 42.2 Å². The molecule has 0 aliphatic heterocycles. The monoisotopic (exact) mass is 288 g/mol. The van der Waals surface area contributed by atoms with E-state index in [4.69, 9.17) is 10.8 Å². The molecule has 4 nitrogen and oxygen atoms in total. The molecule has 0 rings (SSSR count). The lowest BCUT2D eigenvalue weighted by Crippen LogP contribution is -2.21. The topological polar surface area (TPSA) is 66.6 Å². The number of carboxylic acid groups (broad SMARTS) is 1. The van der Waals surface area contributed by atoms with E-state index in [9.17, 15) is 4.79 Å². The zero-order valence-corrected chi connectivity index (χ0v) is 13.9. The molecule has 0 spiro atoms. The Hall–Kier alpha value is -0.610. The van der Waals surface area contributed by atoms with Gasteiger partial charge in [0.15, 0.2) is 0 Å². The fraction of sp³-hybridized carbons (Fsp3) is 0.938. The van der Waals surface area contributed by atoms with Crippen LogP contribution in [0.4, 0.5) is 0 Å². The fourth-order valence-electron chi connectivity index (χ4n) is 1.98. The van der Waals surface area contributed by atoms with Gasteiger partial charge < -0.3 is 15.7 Å². The van der Waals surface area contributed by atoms with Gasteiger partial charge in [-0.1, -0.05) is 52.9 Å². The van der Waals surface area contributed by atoms with Gasteiger partial charge >= 0.3 is 5.97 Å². The smallest absolute Gasteiger partial charge is 0.303 e. The van der Waals surface area contributed by atoms with Crippen LogP contribution in [0.5, 0.6) is 0 Å². The van der Waals surface area contributed by atoms with Gasteiger partial charge in [0.05, 0.1) is 0 Å². The maximum atomic E-state index is 10.2. The summed E-state index contributed by atoms with van der Waals surface area (Å²) in [5.74, 6) is -0.678. The second-order valence-corrected chi connectivity index (χ2v) is 5.03. The van der Waals surface area contributed by atoms with E-state index in [0.717, 1.165) is 32.2 Å². The van der Waals surface area contributed by atoms with Crippen LogP contribution in [0.15, 0.2) is 0 Å². The standard InChI is InChI=1S/C10H21NO2.C6H15N/c11-9-7-5-3-1-2-4-6-8-10(12)13;1-4-7(5-2)6-3/h1-9,11H2,(H,12,13);4-6H2,1-3H3. The molecular weight excluding hydrogens is 252 g/mol. The first-order valence-corrected chi connectivity index (χ1v) is 8.26. The third-order valence-electron chi connectivity index (χ3n) is 3.44.